The zero-order valence-electron chi connectivity index (χ0n) is 11.4. The van der Waals surface area contributed by atoms with Crippen molar-refractivity contribution in [3.05, 3.63) is 59.0 Å². The molecule has 0 radical (unpaired) electrons. The first-order valence-corrected chi connectivity index (χ1v) is 6.83. The topological polar surface area (TPSA) is 70.8 Å². The van der Waals surface area contributed by atoms with Crippen LogP contribution in [0.4, 0.5) is 0 Å². The lowest BCUT2D eigenvalue weighted by Crippen LogP contribution is -2.30. The summed E-state index contributed by atoms with van der Waals surface area (Å²) in [6.45, 7) is 0.928. The van der Waals surface area contributed by atoms with E-state index in [2.05, 4.69) is 0 Å². The summed E-state index contributed by atoms with van der Waals surface area (Å²) in [7, 11) is 0. The van der Waals surface area contributed by atoms with E-state index < -0.39 is 5.97 Å². The van der Waals surface area contributed by atoms with Crippen LogP contribution in [0.1, 0.15) is 38.5 Å². The normalized spacial score (nSPS) is 14.7. The number of rotatable bonds is 3. The molecule has 0 atom stereocenters. The summed E-state index contributed by atoms with van der Waals surface area (Å²) in [5.74, 6) is -0.575. The highest BCUT2D eigenvalue weighted by molar-refractivity contribution is 5.96. The van der Waals surface area contributed by atoms with Gasteiger partial charge in [-0.1, -0.05) is 18.2 Å². The van der Waals surface area contributed by atoms with Gasteiger partial charge >= 0.3 is 5.97 Å². The zero-order valence-corrected chi connectivity index (χ0v) is 11.4. The Morgan fingerprint density at radius 2 is 2.14 bits per heavy atom. The number of nitrogens with zero attached hydrogens (tertiary/aromatic N) is 1. The van der Waals surface area contributed by atoms with Crippen LogP contribution in [0.3, 0.4) is 0 Å². The van der Waals surface area contributed by atoms with Gasteiger partial charge in [-0.2, -0.15) is 0 Å². The van der Waals surface area contributed by atoms with E-state index in [0.717, 1.165) is 24.0 Å². The van der Waals surface area contributed by atoms with Crippen LogP contribution in [0.5, 0.6) is 0 Å². The van der Waals surface area contributed by atoms with Gasteiger partial charge < -0.3 is 14.4 Å². The van der Waals surface area contributed by atoms with Crippen LogP contribution in [-0.2, 0) is 13.0 Å². The Kier molecular flexibility index (Phi) is 3.48. The van der Waals surface area contributed by atoms with E-state index in [1.807, 2.05) is 24.3 Å². The molecule has 0 unspecified atom stereocenters. The second-order valence-corrected chi connectivity index (χ2v) is 5.09. The maximum atomic E-state index is 12.5. The Bertz CT molecular complexity index is 689. The maximum absolute atomic E-state index is 12.5. The molecule has 21 heavy (non-hydrogen) atoms. The number of furan rings is 1. The average molecular weight is 285 g/mol. The SMILES string of the molecule is O=C(O)c1coc(CN2CCCc3ccccc3C2=O)c1. The number of carbonyl (C=O) groups excluding carboxylic acids is 1. The molecule has 0 spiro atoms. The smallest absolute Gasteiger partial charge is 0.338 e. The molecular weight excluding hydrogens is 270 g/mol. The number of hydrogen-bond acceptors (Lipinski definition) is 3. The molecule has 1 aliphatic heterocycles. The van der Waals surface area contributed by atoms with E-state index >= 15 is 0 Å². The van der Waals surface area contributed by atoms with Crippen LogP contribution >= 0.6 is 0 Å². The van der Waals surface area contributed by atoms with Gasteiger partial charge in [-0.15, -0.1) is 0 Å². The van der Waals surface area contributed by atoms with Gasteiger partial charge in [-0.25, -0.2) is 4.79 Å². The third-order valence-electron chi connectivity index (χ3n) is 3.66. The van der Waals surface area contributed by atoms with Crippen molar-refractivity contribution in [3.63, 3.8) is 0 Å². The highest BCUT2D eigenvalue weighted by Crippen LogP contribution is 2.20. The van der Waals surface area contributed by atoms with E-state index in [-0.39, 0.29) is 11.5 Å². The van der Waals surface area contributed by atoms with E-state index in [4.69, 9.17) is 9.52 Å². The third-order valence-corrected chi connectivity index (χ3v) is 3.66. The van der Waals surface area contributed by atoms with Crippen LogP contribution in [0.15, 0.2) is 41.0 Å². The number of hydrogen-bond donors (Lipinski definition) is 1. The van der Waals surface area contributed by atoms with Gasteiger partial charge in [0.1, 0.15) is 12.0 Å². The number of carboxylic acids is 1. The molecule has 1 aliphatic rings. The Labute approximate surface area is 121 Å². The summed E-state index contributed by atoms with van der Waals surface area (Å²) in [6.07, 6.45) is 2.96. The van der Waals surface area contributed by atoms with Crippen molar-refractivity contribution in [3.8, 4) is 0 Å². The van der Waals surface area contributed by atoms with Crippen molar-refractivity contribution in [1.82, 2.24) is 4.90 Å². The van der Waals surface area contributed by atoms with E-state index in [0.29, 0.717) is 18.8 Å². The minimum Gasteiger partial charge on any atom is -0.478 e. The van der Waals surface area contributed by atoms with Crippen LogP contribution < -0.4 is 0 Å². The van der Waals surface area contributed by atoms with Gasteiger partial charge in [0.2, 0.25) is 0 Å². The van der Waals surface area contributed by atoms with Gasteiger partial charge in [0, 0.05) is 12.1 Å². The molecule has 5 nitrogen and oxygen atoms in total. The third kappa shape index (κ3) is 2.67. The largest absolute Gasteiger partial charge is 0.478 e. The first kappa shape index (κ1) is 13.4. The molecule has 0 fully saturated rings. The van der Waals surface area contributed by atoms with Gasteiger partial charge in [0.15, 0.2) is 0 Å². The maximum Gasteiger partial charge on any atom is 0.338 e. The van der Waals surface area contributed by atoms with Crippen molar-refractivity contribution in [1.29, 1.82) is 0 Å². The fourth-order valence-electron chi connectivity index (χ4n) is 2.59. The first-order valence-electron chi connectivity index (χ1n) is 6.83. The van der Waals surface area contributed by atoms with Crippen LogP contribution in [0.2, 0.25) is 0 Å². The van der Waals surface area contributed by atoms with E-state index in [1.165, 1.54) is 12.3 Å². The Hall–Kier alpha value is -2.56. The molecule has 0 bridgehead atoms. The lowest BCUT2D eigenvalue weighted by atomic mass is 10.0. The average Bonchev–Trinajstić information content (AvgIpc) is 2.89. The van der Waals surface area contributed by atoms with Crippen molar-refractivity contribution in [2.45, 2.75) is 19.4 Å². The molecule has 0 aliphatic carbocycles. The monoisotopic (exact) mass is 285 g/mol. The van der Waals surface area contributed by atoms with Crippen LogP contribution in [-0.4, -0.2) is 28.4 Å². The molecule has 1 aromatic carbocycles. The van der Waals surface area contributed by atoms with Gasteiger partial charge in [0.25, 0.3) is 5.91 Å². The first-order chi connectivity index (χ1) is 10.1. The van der Waals surface area contributed by atoms with Crippen molar-refractivity contribution in [2.24, 2.45) is 0 Å². The molecule has 0 saturated carbocycles. The van der Waals surface area contributed by atoms with Gasteiger partial charge in [-0.3, -0.25) is 4.79 Å². The quantitative estimate of drug-likeness (QED) is 0.940. The van der Waals surface area contributed by atoms with Crippen molar-refractivity contribution >= 4 is 11.9 Å². The number of aryl methyl sites for hydroxylation is 1. The molecular formula is C16H15NO4. The Morgan fingerprint density at radius 3 is 2.90 bits per heavy atom. The number of carboxylic acid groups (broad SMARTS) is 1. The number of carbonyl (C=O) groups is 2. The lowest BCUT2D eigenvalue weighted by Gasteiger charge is -2.19. The molecule has 108 valence electrons. The summed E-state index contributed by atoms with van der Waals surface area (Å²) in [5, 5.41) is 8.89. The molecule has 1 aromatic heterocycles. The molecule has 5 heteroatoms. The highest BCUT2D eigenvalue weighted by Gasteiger charge is 2.23. The molecule has 1 N–H and O–H groups in total. The number of amides is 1. The lowest BCUT2D eigenvalue weighted by molar-refractivity contribution is 0.0694. The molecule has 3 rings (SSSR count). The number of fused-ring (bicyclic) bond motifs is 1. The second kappa shape index (κ2) is 5.44. The van der Waals surface area contributed by atoms with Gasteiger partial charge in [-0.05, 0) is 30.5 Å². The van der Waals surface area contributed by atoms with Crippen molar-refractivity contribution < 1.29 is 19.1 Å². The second-order valence-electron chi connectivity index (χ2n) is 5.09. The zero-order chi connectivity index (χ0) is 14.8. The van der Waals surface area contributed by atoms with Gasteiger partial charge in [0.05, 0.1) is 12.1 Å². The summed E-state index contributed by atoms with van der Waals surface area (Å²) < 4.78 is 5.23. The predicted octanol–water partition coefficient (Wildman–Crippen LogP) is 2.57. The minimum absolute atomic E-state index is 0.0311. The number of benzene rings is 1. The van der Waals surface area contributed by atoms with E-state index in [1.54, 1.807) is 4.90 Å². The summed E-state index contributed by atoms with van der Waals surface area (Å²) >= 11 is 0. The summed E-state index contributed by atoms with van der Waals surface area (Å²) in [4.78, 5) is 25.1. The molecule has 1 amide bonds. The highest BCUT2D eigenvalue weighted by atomic mass is 16.4. The van der Waals surface area contributed by atoms with Crippen LogP contribution in [0, 0.1) is 0 Å². The molecule has 0 saturated heterocycles. The Morgan fingerprint density at radius 1 is 1.33 bits per heavy atom. The molecule has 2 aromatic rings. The summed E-state index contributed by atoms with van der Waals surface area (Å²) in [5.41, 5.74) is 1.89. The summed E-state index contributed by atoms with van der Waals surface area (Å²) in [6, 6.07) is 9.07. The Balaban J connectivity index is 1.82. The standard InChI is InChI=1S/C16H15NO4/c18-15-14-6-2-1-4-11(14)5-3-7-17(15)9-13-8-12(10-21-13)16(19)20/h1-2,4,6,8,10H,3,5,7,9H2,(H,19,20). The van der Waals surface area contributed by atoms with Crippen LogP contribution in [0.25, 0.3) is 0 Å². The predicted molar refractivity (Wildman–Crippen MR) is 75.2 cm³/mol. The number of aromatic carboxylic acids is 1. The molecule has 2 heterocycles. The fourth-order valence-corrected chi connectivity index (χ4v) is 2.59. The van der Waals surface area contributed by atoms with E-state index in [9.17, 15) is 9.59 Å². The minimum atomic E-state index is -1.03. The van der Waals surface area contributed by atoms with Crippen molar-refractivity contribution in [2.75, 3.05) is 6.54 Å². The fraction of sp³-hybridized carbons (Fsp3) is 0.250.